The Labute approximate surface area is 97.7 Å². The number of amides is 1. The molecule has 2 unspecified atom stereocenters. The standard InChI is InChI=1S/C11H24N2O3/c1-5-6-9(7-12)10(14)13-8(2)11(15-3)16-4/h8-9,11H,5-7,12H2,1-4H3,(H,13,14). The molecule has 0 fully saturated rings. The van der Waals surface area contributed by atoms with Gasteiger partial charge in [-0.1, -0.05) is 13.3 Å². The molecular weight excluding hydrogens is 208 g/mol. The summed E-state index contributed by atoms with van der Waals surface area (Å²) in [5, 5.41) is 2.85. The second-order valence-corrected chi connectivity index (χ2v) is 3.86. The van der Waals surface area contributed by atoms with Gasteiger partial charge in [0.15, 0.2) is 6.29 Å². The second kappa shape index (κ2) is 8.50. The van der Waals surface area contributed by atoms with Gasteiger partial charge in [-0.15, -0.1) is 0 Å². The van der Waals surface area contributed by atoms with Crippen molar-refractivity contribution >= 4 is 5.91 Å². The van der Waals surface area contributed by atoms with Gasteiger partial charge in [0.2, 0.25) is 5.91 Å². The Kier molecular flexibility index (Phi) is 8.15. The van der Waals surface area contributed by atoms with Gasteiger partial charge in [-0.05, 0) is 13.3 Å². The van der Waals surface area contributed by atoms with Crippen LogP contribution in [0, 0.1) is 5.92 Å². The summed E-state index contributed by atoms with van der Waals surface area (Å²) in [6, 6.07) is -0.187. The summed E-state index contributed by atoms with van der Waals surface area (Å²) in [4.78, 5) is 11.8. The van der Waals surface area contributed by atoms with Crippen LogP contribution in [0.25, 0.3) is 0 Å². The van der Waals surface area contributed by atoms with Crippen molar-refractivity contribution in [2.24, 2.45) is 11.7 Å². The van der Waals surface area contributed by atoms with Crippen molar-refractivity contribution < 1.29 is 14.3 Å². The van der Waals surface area contributed by atoms with Gasteiger partial charge in [-0.2, -0.15) is 0 Å². The van der Waals surface area contributed by atoms with Crippen LogP contribution in [0.4, 0.5) is 0 Å². The first-order chi connectivity index (χ1) is 7.60. The van der Waals surface area contributed by atoms with Crippen LogP contribution < -0.4 is 11.1 Å². The molecule has 3 N–H and O–H groups in total. The molecule has 0 saturated heterocycles. The van der Waals surface area contributed by atoms with Crippen molar-refractivity contribution in [2.75, 3.05) is 20.8 Å². The van der Waals surface area contributed by atoms with Crippen LogP contribution in [0.5, 0.6) is 0 Å². The van der Waals surface area contributed by atoms with E-state index in [1.54, 1.807) is 14.2 Å². The van der Waals surface area contributed by atoms with E-state index in [-0.39, 0.29) is 17.9 Å². The predicted molar refractivity (Wildman–Crippen MR) is 62.9 cm³/mol. The monoisotopic (exact) mass is 232 g/mol. The highest BCUT2D eigenvalue weighted by Gasteiger charge is 2.22. The molecule has 0 radical (unpaired) electrons. The fourth-order valence-electron chi connectivity index (χ4n) is 1.62. The van der Waals surface area contributed by atoms with E-state index in [4.69, 9.17) is 15.2 Å². The van der Waals surface area contributed by atoms with Gasteiger partial charge in [-0.3, -0.25) is 4.79 Å². The van der Waals surface area contributed by atoms with Crippen molar-refractivity contribution in [3.8, 4) is 0 Å². The quantitative estimate of drug-likeness (QED) is 0.597. The molecule has 0 bridgehead atoms. The molecule has 1 amide bonds. The number of rotatable bonds is 8. The number of carbonyl (C=O) groups excluding carboxylic acids is 1. The Hall–Kier alpha value is -0.650. The van der Waals surface area contributed by atoms with Crippen LogP contribution in [-0.2, 0) is 14.3 Å². The Bertz CT molecular complexity index is 196. The summed E-state index contributed by atoms with van der Waals surface area (Å²) < 4.78 is 10.1. The summed E-state index contributed by atoms with van der Waals surface area (Å²) in [7, 11) is 3.09. The van der Waals surface area contributed by atoms with Crippen molar-refractivity contribution in [1.82, 2.24) is 5.32 Å². The molecule has 0 heterocycles. The molecular formula is C11H24N2O3. The number of nitrogens with two attached hydrogens (primary N) is 1. The average molecular weight is 232 g/mol. The lowest BCUT2D eigenvalue weighted by Crippen LogP contribution is -2.46. The highest BCUT2D eigenvalue weighted by molar-refractivity contribution is 5.79. The molecule has 0 aliphatic rings. The number of nitrogens with one attached hydrogen (secondary N) is 1. The molecule has 2 atom stereocenters. The number of hydrogen-bond donors (Lipinski definition) is 2. The molecule has 0 aliphatic heterocycles. The maximum Gasteiger partial charge on any atom is 0.224 e. The topological polar surface area (TPSA) is 73.6 Å². The molecule has 96 valence electrons. The third-order valence-electron chi connectivity index (χ3n) is 2.54. The number of carbonyl (C=O) groups is 1. The molecule has 0 rings (SSSR count). The number of methoxy groups -OCH3 is 2. The van der Waals surface area contributed by atoms with E-state index in [0.717, 1.165) is 12.8 Å². The fourth-order valence-corrected chi connectivity index (χ4v) is 1.62. The summed E-state index contributed by atoms with van der Waals surface area (Å²) in [5.41, 5.74) is 5.55. The number of hydrogen-bond acceptors (Lipinski definition) is 4. The largest absolute Gasteiger partial charge is 0.354 e. The van der Waals surface area contributed by atoms with Crippen LogP contribution in [0.15, 0.2) is 0 Å². The zero-order valence-electron chi connectivity index (χ0n) is 10.7. The maximum absolute atomic E-state index is 11.8. The van der Waals surface area contributed by atoms with Crippen molar-refractivity contribution in [3.05, 3.63) is 0 Å². The van der Waals surface area contributed by atoms with Crippen molar-refractivity contribution in [1.29, 1.82) is 0 Å². The SMILES string of the molecule is CCCC(CN)C(=O)NC(C)C(OC)OC. The Morgan fingerprint density at radius 2 is 1.94 bits per heavy atom. The lowest BCUT2D eigenvalue weighted by Gasteiger charge is -2.24. The van der Waals surface area contributed by atoms with Gasteiger partial charge in [-0.25, -0.2) is 0 Å². The van der Waals surface area contributed by atoms with Crippen LogP contribution in [-0.4, -0.2) is 39.0 Å². The predicted octanol–water partition coefficient (Wildman–Crippen LogP) is 0.485. The van der Waals surface area contributed by atoms with Gasteiger partial charge in [0.1, 0.15) is 0 Å². The van der Waals surface area contributed by atoms with E-state index in [1.165, 1.54) is 0 Å². The van der Waals surface area contributed by atoms with Gasteiger partial charge < -0.3 is 20.5 Å². The Morgan fingerprint density at radius 1 is 1.38 bits per heavy atom. The van der Waals surface area contributed by atoms with E-state index < -0.39 is 6.29 Å². The van der Waals surface area contributed by atoms with Crippen LogP contribution in [0.2, 0.25) is 0 Å². The smallest absolute Gasteiger partial charge is 0.224 e. The van der Waals surface area contributed by atoms with Gasteiger partial charge >= 0.3 is 0 Å². The van der Waals surface area contributed by atoms with Crippen molar-refractivity contribution in [3.63, 3.8) is 0 Å². The third-order valence-corrected chi connectivity index (χ3v) is 2.54. The lowest BCUT2D eigenvalue weighted by atomic mass is 10.0. The van der Waals surface area contributed by atoms with E-state index in [1.807, 2.05) is 13.8 Å². The first kappa shape index (κ1) is 15.3. The molecule has 0 aliphatic carbocycles. The van der Waals surface area contributed by atoms with E-state index in [0.29, 0.717) is 6.54 Å². The molecule has 5 nitrogen and oxygen atoms in total. The van der Waals surface area contributed by atoms with E-state index >= 15 is 0 Å². The van der Waals surface area contributed by atoms with Gasteiger partial charge in [0.25, 0.3) is 0 Å². The highest BCUT2D eigenvalue weighted by atomic mass is 16.7. The van der Waals surface area contributed by atoms with E-state index in [9.17, 15) is 4.79 Å². The lowest BCUT2D eigenvalue weighted by molar-refractivity contribution is -0.138. The third kappa shape index (κ3) is 4.92. The molecule has 0 aromatic heterocycles. The summed E-state index contributed by atoms with van der Waals surface area (Å²) in [5.74, 6) is -0.155. The van der Waals surface area contributed by atoms with E-state index in [2.05, 4.69) is 5.32 Å². The van der Waals surface area contributed by atoms with Crippen LogP contribution in [0.1, 0.15) is 26.7 Å². The molecule has 0 aromatic carbocycles. The van der Waals surface area contributed by atoms with Gasteiger partial charge in [0, 0.05) is 20.8 Å². The van der Waals surface area contributed by atoms with Crippen LogP contribution >= 0.6 is 0 Å². The maximum atomic E-state index is 11.8. The normalized spacial score (nSPS) is 14.9. The Morgan fingerprint density at radius 3 is 2.31 bits per heavy atom. The molecule has 0 spiro atoms. The fraction of sp³-hybridized carbons (Fsp3) is 0.909. The van der Waals surface area contributed by atoms with Crippen LogP contribution in [0.3, 0.4) is 0 Å². The number of ether oxygens (including phenoxy) is 2. The summed E-state index contributed by atoms with van der Waals surface area (Å²) in [6.07, 6.45) is 1.32. The second-order valence-electron chi connectivity index (χ2n) is 3.86. The molecule has 16 heavy (non-hydrogen) atoms. The molecule has 5 heteroatoms. The Balaban J connectivity index is 4.19. The zero-order valence-corrected chi connectivity index (χ0v) is 10.7. The summed E-state index contributed by atoms with van der Waals surface area (Å²) in [6.45, 7) is 4.25. The molecule has 0 saturated carbocycles. The minimum atomic E-state index is -0.427. The van der Waals surface area contributed by atoms with Gasteiger partial charge in [0.05, 0.1) is 12.0 Å². The minimum absolute atomic E-state index is 0.0315. The zero-order chi connectivity index (χ0) is 12.6. The van der Waals surface area contributed by atoms with Crippen molar-refractivity contribution in [2.45, 2.75) is 39.0 Å². The first-order valence-electron chi connectivity index (χ1n) is 5.66. The highest BCUT2D eigenvalue weighted by Crippen LogP contribution is 2.06. The molecule has 0 aromatic rings. The minimum Gasteiger partial charge on any atom is -0.354 e. The first-order valence-corrected chi connectivity index (χ1v) is 5.66. The average Bonchev–Trinajstić information content (AvgIpc) is 2.27. The summed E-state index contributed by atoms with van der Waals surface area (Å²) >= 11 is 0.